The number of esters is 1. The summed E-state index contributed by atoms with van der Waals surface area (Å²) in [4.78, 5) is 23.9. The molecule has 0 amide bonds. The molecule has 7 heteroatoms. The van der Waals surface area contributed by atoms with Gasteiger partial charge < -0.3 is 23.4 Å². The molecule has 0 unspecified atom stereocenters. The minimum atomic E-state index is -0.794. The van der Waals surface area contributed by atoms with Crippen LogP contribution < -0.4 is 10.4 Å². The molecule has 124 valence electrons. The molecule has 0 spiro atoms. The van der Waals surface area contributed by atoms with Gasteiger partial charge in [-0.05, 0) is 31.2 Å². The highest BCUT2D eigenvalue weighted by Crippen LogP contribution is 2.35. The number of aromatic hydroxyl groups is 1. The molecular weight excluding hydrogens is 316 g/mol. The average molecular weight is 330 g/mol. The molecule has 0 radical (unpaired) electrons. The van der Waals surface area contributed by atoms with Crippen LogP contribution in [0.1, 0.15) is 17.5 Å². The molecule has 0 atom stereocenters. The first kappa shape index (κ1) is 15.7. The molecule has 0 aliphatic carbocycles. The molecule has 1 aromatic carbocycles. The number of rotatable bonds is 4. The summed E-state index contributed by atoms with van der Waals surface area (Å²) < 4.78 is 20.4. The van der Waals surface area contributed by atoms with Crippen LogP contribution in [0.2, 0.25) is 0 Å². The van der Waals surface area contributed by atoms with E-state index in [2.05, 4.69) is 0 Å². The lowest BCUT2D eigenvalue weighted by molar-refractivity contribution is 0.0491. The normalized spacial score (nSPS) is 10.8. The molecule has 1 N–H and O–H groups in total. The SMILES string of the molecule is CCOC(=O)c1ccc(-c2c(O)c3ccc(OC)cc3oc2=O)o1. The van der Waals surface area contributed by atoms with E-state index in [1.54, 1.807) is 19.1 Å². The van der Waals surface area contributed by atoms with Crippen LogP contribution in [0.15, 0.2) is 44.0 Å². The number of ether oxygens (including phenoxy) is 2. The second kappa shape index (κ2) is 6.11. The number of carbonyl (C=O) groups excluding carboxylic acids is 1. The minimum absolute atomic E-state index is 0.0158. The number of furan rings is 1. The van der Waals surface area contributed by atoms with Gasteiger partial charge in [0.15, 0.2) is 0 Å². The number of methoxy groups -OCH3 is 1. The number of benzene rings is 1. The first-order valence-electron chi connectivity index (χ1n) is 7.16. The highest BCUT2D eigenvalue weighted by Gasteiger charge is 2.21. The number of fused-ring (bicyclic) bond motifs is 1. The van der Waals surface area contributed by atoms with Crippen LogP contribution in [0.5, 0.6) is 11.5 Å². The Bertz CT molecular complexity index is 965. The molecule has 0 bridgehead atoms. The van der Waals surface area contributed by atoms with Crippen LogP contribution in [-0.4, -0.2) is 24.8 Å². The van der Waals surface area contributed by atoms with Gasteiger partial charge in [0, 0.05) is 6.07 Å². The molecular formula is C17H14O7. The Morgan fingerprint density at radius 2 is 2.00 bits per heavy atom. The van der Waals surface area contributed by atoms with E-state index in [4.69, 9.17) is 18.3 Å². The Labute approximate surface area is 136 Å². The van der Waals surface area contributed by atoms with Crippen LogP contribution in [0.25, 0.3) is 22.3 Å². The highest BCUT2D eigenvalue weighted by molar-refractivity contribution is 5.91. The molecule has 0 aliphatic heterocycles. The molecule has 3 aromatic rings. The van der Waals surface area contributed by atoms with Crippen molar-refractivity contribution in [1.82, 2.24) is 0 Å². The van der Waals surface area contributed by atoms with Gasteiger partial charge in [-0.25, -0.2) is 9.59 Å². The third-order valence-corrected chi connectivity index (χ3v) is 3.42. The molecule has 0 saturated carbocycles. The smallest absolute Gasteiger partial charge is 0.374 e. The van der Waals surface area contributed by atoms with Gasteiger partial charge in [0.25, 0.3) is 0 Å². The first-order chi connectivity index (χ1) is 11.5. The summed E-state index contributed by atoms with van der Waals surface area (Å²) in [5, 5.41) is 10.7. The van der Waals surface area contributed by atoms with E-state index < -0.39 is 11.6 Å². The predicted octanol–water partition coefficient (Wildman–Crippen LogP) is 2.94. The van der Waals surface area contributed by atoms with Crippen molar-refractivity contribution in [3.63, 3.8) is 0 Å². The van der Waals surface area contributed by atoms with Crippen molar-refractivity contribution >= 4 is 16.9 Å². The number of hydrogen-bond donors (Lipinski definition) is 1. The second-order valence-corrected chi connectivity index (χ2v) is 4.86. The van der Waals surface area contributed by atoms with E-state index in [0.29, 0.717) is 11.1 Å². The fraction of sp³-hybridized carbons (Fsp3) is 0.176. The van der Waals surface area contributed by atoms with Gasteiger partial charge in [0.1, 0.15) is 28.4 Å². The van der Waals surface area contributed by atoms with E-state index in [0.717, 1.165) is 0 Å². The lowest BCUT2D eigenvalue weighted by Gasteiger charge is -2.06. The van der Waals surface area contributed by atoms with Crippen LogP contribution in [0.3, 0.4) is 0 Å². The molecule has 2 heterocycles. The van der Waals surface area contributed by atoms with Crippen molar-refractivity contribution in [2.75, 3.05) is 13.7 Å². The second-order valence-electron chi connectivity index (χ2n) is 4.86. The lowest BCUT2D eigenvalue weighted by Crippen LogP contribution is -2.04. The average Bonchev–Trinajstić information content (AvgIpc) is 3.04. The van der Waals surface area contributed by atoms with Gasteiger partial charge in [-0.2, -0.15) is 0 Å². The first-order valence-corrected chi connectivity index (χ1v) is 7.16. The fourth-order valence-electron chi connectivity index (χ4n) is 2.29. The maximum Gasteiger partial charge on any atom is 0.374 e. The number of carbonyl (C=O) groups is 1. The Balaban J connectivity index is 2.13. The summed E-state index contributed by atoms with van der Waals surface area (Å²) in [6.45, 7) is 1.86. The van der Waals surface area contributed by atoms with Crippen molar-refractivity contribution in [3.8, 4) is 22.8 Å². The van der Waals surface area contributed by atoms with Crippen LogP contribution in [0, 0.1) is 0 Å². The molecule has 7 nitrogen and oxygen atoms in total. The lowest BCUT2D eigenvalue weighted by atomic mass is 10.1. The van der Waals surface area contributed by atoms with Gasteiger partial charge in [-0.1, -0.05) is 0 Å². The maximum absolute atomic E-state index is 12.2. The molecule has 24 heavy (non-hydrogen) atoms. The topological polar surface area (TPSA) is 99.1 Å². The zero-order chi connectivity index (χ0) is 17.3. The van der Waals surface area contributed by atoms with Crippen LogP contribution in [-0.2, 0) is 4.74 Å². The molecule has 0 saturated heterocycles. The highest BCUT2D eigenvalue weighted by atomic mass is 16.5. The van der Waals surface area contributed by atoms with E-state index in [-0.39, 0.29) is 35.0 Å². The monoisotopic (exact) mass is 330 g/mol. The van der Waals surface area contributed by atoms with Crippen molar-refractivity contribution in [2.45, 2.75) is 6.92 Å². The third-order valence-electron chi connectivity index (χ3n) is 3.42. The Hall–Kier alpha value is -3.22. The largest absolute Gasteiger partial charge is 0.506 e. The van der Waals surface area contributed by atoms with Gasteiger partial charge in [0.05, 0.1) is 19.1 Å². The van der Waals surface area contributed by atoms with Crippen LogP contribution >= 0.6 is 0 Å². The summed E-state index contributed by atoms with van der Waals surface area (Å²) in [5.74, 6) is -0.519. The van der Waals surface area contributed by atoms with E-state index in [1.165, 1.54) is 25.3 Å². The zero-order valence-electron chi connectivity index (χ0n) is 13.0. The number of hydrogen-bond acceptors (Lipinski definition) is 7. The zero-order valence-corrected chi connectivity index (χ0v) is 13.0. The molecule has 3 rings (SSSR count). The molecule has 0 fully saturated rings. The van der Waals surface area contributed by atoms with Gasteiger partial charge in [0.2, 0.25) is 5.76 Å². The standard InChI is InChI=1S/C17H14O7/c1-3-22-16(19)12-7-6-11(23-12)14-15(18)10-5-4-9(21-2)8-13(10)24-17(14)20/h4-8,18H,3H2,1-2H3. The van der Waals surface area contributed by atoms with Crippen molar-refractivity contribution in [1.29, 1.82) is 0 Å². The minimum Gasteiger partial charge on any atom is -0.506 e. The molecule has 0 aliphatic rings. The summed E-state index contributed by atoms with van der Waals surface area (Å²) in [5.41, 5.74) is -0.779. The van der Waals surface area contributed by atoms with Gasteiger partial charge >= 0.3 is 11.6 Å². The van der Waals surface area contributed by atoms with E-state index >= 15 is 0 Å². The quantitative estimate of drug-likeness (QED) is 0.580. The fourth-order valence-corrected chi connectivity index (χ4v) is 2.29. The van der Waals surface area contributed by atoms with Crippen molar-refractivity contribution in [2.24, 2.45) is 0 Å². The summed E-state index contributed by atoms with van der Waals surface area (Å²) in [6, 6.07) is 7.44. The van der Waals surface area contributed by atoms with Gasteiger partial charge in [-0.3, -0.25) is 0 Å². The third kappa shape index (κ3) is 2.60. The summed E-state index contributed by atoms with van der Waals surface area (Å²) >= 11 is 0. The van der Waals surface area contributed by atoms with Crippen molar-refractivity contribution in [3.05, 3.63) is 46.5 Å². The van der Waals surface area contributed by atoms with E-state index in [9.17, 15) is 14.7 Å². The summed E-state index contributed by atoms with van der Waals surface area (Å²) in [6.07, 6.45) is 0. The summed E-state index contributed by atoms with van der Waals surface area (Å²) in [7, 11) is 1.48. The Morgan fingerprint density at radius 3 is 2.71 bits per heavy atom. The maximum atomic E-state index is 12.2. The molecule has 2 aromatic heterocycles. The Morgan fingerprint density at radius 1 is 1.21 bits per heavy atom. The van der Waals surface area contributed by atoms with Crippen molar-refractivity contribution < 1.29 is 28.2 Å². The van der Waals surface area contributed by atoms with E-state index in [1.807, 2.05) is 0 Å². The predicted molar refractivity (Wildman–Crippen MR) is 84.4 cm³/mol. The van der Waals surface area contributed by atoms with Crippen LogP contribution in [0.4, 0.5) is 0 Å². The Kier molecular flexibility index (Phi) is 3.99. The van der Waals surface area contributed by atoms with Gasteiger partial charge in [-0.15, -0.1) is 0 Å².